The zero-order valence-corrected chi connectivity index (χ0v) is 18.0. The molecule has 2 aliphatic rings. The van der Waals surface area contributed by atoms with Gasteiger partial charge in [0.15, 0.2) is 5.96 Å². The first-order chi connectivity index (χ1) is 11.7. The molecule has 0 aromatic rings. The van der Waals surface area contributed by atoms with Crippen molar-refractivity contribution >= 4 is 35.9 Å². The van der Waals surface area contributed by atoms with E-state index < -0.39 is 0 Å². The van der Waals surface area contributed by atoms with Gasteiger partial charge in [-0.15, -0.1) is 24.0 Å². The third-order valence-electron chi connectivity index (χ3n) is 5.12. The van der Waals surface area contributed by atoms with Gasteiger partial charge in [-0.2, -0.15) is 0 Å². The zero-order valence-electron chi connectivity index (χ0n) is 15.7. The van der Waals surface area contributed by atoms with Crippen LogP contribution in [0.15, 0.2) is 4.99 Å². The van der Waals surface area contributed by atoms with Crippen molar-refractivity contribution in [1.29, 1.82) is 0 Å². The van der Waals surface area contributed by atoms with E-state index in [9.17, 15) is 4.79 Å². The number of halogens is 1. The molecule has 2 rings (SSSR count). The number of hydrogen-bond acceptors (Lipinski definition) is 5. The summed E-state index contributed by atoms with van der Waals surface area (Å²) in [6, 6.07) is 0.546. The van der Waals surface area contributed by atoms with Gasteiger partial charge in [0.2, 0.25) is 0 Å². The number of carbonyl (C=O) groups excluding carboxylic acids is 1. The number of nitrogens with one attached hydrogen (secondary N) is 1. The van der Waals surface area contributed by atoms with E-state index in [1.54, 1.807) is 7.11 Å². The lowest BCUT2D eigenvalue weighted by atomic mass is 9.97. The van der Waals surface area contributed by atoms with E-state index >= 15 is 0 Å². The Morgan fingerprint density at radius 2 is 1.92 bits per heavy atom. The summed E-state index contributed by atoms with van der Waals surface area (Å²) in [5.74, 6) is 0.887. The Kier molecular flexibility index (Phi) is 10.7. The Morgan fingerprint density at radius 1 is 1.20 bits per heavy atom. The number of likely N-dealkylation sites (tertiary alicyclic amines) is 2. The number of aliphatic imine (C=N–C) groups is 1. The highest BCUT2D eigenvalue weighted by Crippen LogP contribution is 2.19. The second-order valence-corrected chi connectivity index (χ2v) is 6.54. The van der Waals surface area contributed by atoms with Crippen molar-refractivity contribution in [2.75, 3.05) is 60.6 Å². The standard InChI is InChI=1S/C17H32N4O3.HI/c1-18-17(21-9-6-14(7-10-21)16(22)24-3)19-13-15-5-4-8-20(15)11-12-23-2;/h14-15H,4-13H2,1-3H3,(H,18,19);1H. The molecule has 7 nitrogen and oxygen atoms in total. The van der Waals surface area contributed by atoms with Crippen molar-refractivity contribution < 1.29 is 14.3 Å². The van der Waals surface area contributed by atoms with Gasteiger partial charge in [0.1, 0.15) is 0 Å². The van der Waals surface area contributed by atoms with Crippen LogP contribution in [0.4, 0.5) is 0 Å². The Bertz CT molecular complexity index is 428. The van der Waals surface area contributed by atoms with Crippen LogP contribution in [0.3, 0.4) is 0 Å². The minimum Gasteiger partial charge on any atom is -0.469 e. The van der Waals surface area contributed by atoms with E-state index in [1.165, 1.54) is 20.0 Å². The van der Waals surface area contributed by atoms with Crippen molar-refractivity contribution in [2.24, 2.45) is 10.9 Å². The average Bonchev–Trinajstić information content (AvgIpc) is 3.07. The van der Waals surface area contributed by atoms with Crippen molar-refractivity contribution in [1.82, 2.24) is 15.1 Å². The van der Waals surface area contributed by atoms with Crippen LogP contribution in [0.5, 0.6) is 0 Å². The molecule has 0 aromatic heterocycles. The molecule has 0 spiro atoms. The number of rotatable bonds is 6. The molecule has 2 aliphatic heterocycles. The summed E-state index contributed by atoms with van der Waals surface area (Å²) >= 11 is 0. The van der Waals surface area contributed by atoms with Crippen LogP contribution in [0, 0.1) is 5.92 Å². The third kappa shape index (κ3) is 6.56. The highest BCUT2D eigenvalue weighted by atomic mass is 127. The number of hydrogen-bond donors (Lipinski definition) is 1. The highest BCUT2D eigenvalue weighted by molar-refractivity contribution is 14.0. The monoisotopic (exact) mass is 468 g/mol. The molecule has 2 fully saturated rings. The van der Waals surface area contributed by atoms with Gasteiger partial charge in [-0.25, -0.2) is 0 Å². The minimum atomic E-state index is -0.0858. The number of carbonyl (C=O) groups is 1. The van der Waals surface area contributed by atoms with Crippen LogP contribution in [-0.2, 0) is 14.3 Å². The van der Waals surface area contributed by atoms with Gasteiger partial charge >= 0.3 is 5.97 Å². The molecule has 0 saturated carbocycles. The summed E-state index contributed by atoms with van der Waals surface area (Å²) in [4.78, 5) is 20.8. The largest absolute Gasteiger partial charge is 0.469 e. The first-order valence-corrected chi connectivity index (χ1v) is 8.96. The van der Waals surface area contributed by atoms with Gasteiger partial charge < -0.3 is 19.7 Å². The Labute approximate surface area is 168 Å². The topological polar surface area (TPSA) is 66.4 Å². The smallest absolute Gasteiger partial charge is 0.308 e. The van der Waals surface area contributed by atoms with Gasteiger partial charge in [0.05, 0.1) is 19.6 Å². The van der Waals surface area contributed by atoms with Gasteiger partial charge in [0.25, 0.3) is 0 Å². The number of nitrogens with zero attached hydrogens (tertiary/aromatic N) is 3. The maximum atomic E-state index is 11.6. The summed E-state index contributed by atoms with van der Waals surface area (Å²) in [7, 11) is 5.04. The average molecular weight is 468 g/mol. The van der Waals surface area contributed by atoms with Gasteiger partial charge in [-0.05, 0) is 32.2 Å². The number of esters is 1. The number of guanidine groups is 1. The Balaban J connectivity index is 0.00000312. The van der Waals surface area contributed by atoms with E-state index in [0.29, 0.717) is 6.04 Å². The second kappa shape index (κ2) is 11.9. The molecule has 0 aromatic carbocycles. The molecule has 2 saturated heterocycles. The van der Waals surface area contributed by atoms with E-state index in [4.69, 9.17) is 9.47 Å². The summed E-state index contributed by atoms with van der Waals surface area (Å²) in [5.41, 5.74) is 0. The van der Waals surface area contributed by atoms with Crippen molar-refractivity contribution in [3.63, 3.8) is 0 Å². The molecular weight excluding hydrogens is 435 g/mol. The maximum Gasteiger partial charge on any atom is 0.308 e. The van der Waals surface area contributed by atoms with Crippen LogP contribution >= 0.6 is 24.0 Å². The lowest BCUT2D eigenvalue weighted by Gasteiger charge is -2.34. The minimum absolute atomic E-state index is 0. The van der Waals surface area contributed by atoms with E-state index in [2.05, 4.69) is 20.1 Å². The zero-order chi connectivity index (χ0) is 17.4. The molecule has 0 radical (unpaired) electrons. The van der Waals surface area contributed by atoms with Gasteiger partial charge in [0, 0.05) is 46.4 Å². The molecule has 2 heterocycles. The second-order valence-electron chi connectivity index (χ2n) is 6.54. The van der Waals surface area contributed by atoms with Crippen LogP contribution in [-0.4, -0.2) is 88.4 Å². The molecule has 0 aliphatic carbocycles. The van der Waals surface area contributed by atoms with Crippen LogP contribution in [0.2, 0.25) is 0 Å². The SMILES string of the molecule is CN=C(NCC1CCCN1CCOC)N1CCC(C(=O)OC)CC1.I. The fourth-order valence-electron chi connectivity index (χ4n) is 3.66. The Morgan fingerprint density at radius 3 is 2.52 bits per heavy atom. The molecule has 1 N–H and O–H groups in total. The summed E-state index contributed by atoms with van der Waals surface area (Å²) < 4.78 is 10.1. The predicted octanol–water partition coefficient (Wildman–Crippen LogP) is 1.18. The molecule has 8 heteroatoms. The molecular formula is C17H33IN4O3. The maximum absolute atomic E-state index is 11.6. The van der Waals surface area contributed by atoms with Crippen molar-refractivity contribution in [2.45, 2.75) is 31.7 Å². The first kappa shape index (κ1) is 22.4. The molecule has 146 valence electrons. The summed E-state index contributed by atoms with van der Waals surface area (Å²) in [6.45, 7) is 5.53. The summed E-state index contributed by atoms with van der Waals surface area (Å²) in [5, 5.41) is 3.52. The highest BCUT2D eigenvalue weighted by Gasteiger charge is 2.28. The molecule has 0 bridgehead atoms. The molecule has 25 heavy (non-hydrogen) atoms. The van der Waals surface area contributed by atoms with E-state index in [-0.39, 0.29) is 35.9 Å². The van der Waals surface area contributed by atoms with E-state index in [1.807, 2.05) is 7.05 Å². The van der Waals surface area contributed by atoms with Crippen molar-refractivity contribution in [3.05, 3.63) is 0 Å². The quantitative estimate of drug-likeness (QED) is 0.273. The van der Waals surface area contributed by atoms with Crippen molar-refractivity contribution in [3.8, 4) is 0 Å². The lowest BCUT2D eigenvalue weighted by molar-refractivity contribution is -0.146. The predicted molar refractivity (Wildman–Crippen MR) is 110 cm³/mol. The molecule has 1 atom stereocenters. The third-order valence-corrected chi connectivity index (χ3v) is 5.12. The summed E-state index contributed by atoms with van der Waals surface area (Å²) in [6.07, 6.45) is 4.13. The number of piperidine rings is 1. The normalized spacial score (nSPS) is 22.6. The number of methoxy groups -OCH3 is 2. The van der Waals surface area contributed by atoms with Gasteiger partial charge in [-0.3, -0.25) is 14.7 Å². The van der Waals surface area contributed by atoms with Crippen LogP contribution in [0.25, 0.3) is 0 Å². The Hall–Kier alpha value is -0.610. The first-order valence-electron chi connectivity index (χ1n) is 8.96. The van der Waals surface area contributed by atoms with Gasteiger partial charge in [-0.1, -0.05) is 0 Å². The van der Waals surface area contributed by atoms with Crippen LogP contribution < -0.4 is 5.32 Å². The number of ether oxygens (including phenoxy) is 2. The molecule has 0 amide bonds. The lowest BCUT2D eigenvalue weighted by Crippen LogP contribution is -2.50. The van der Waals surface area contributed by atoms with E-state index in [0.717, 1.165) is 58.1 Å². The molecule has 1 unspecified atom stereocenters. The van der Waals surface area contributed by atoms with Crippen LogP contribution in [0.1, 0.15) is 25.7 Å². The fraction of sp³-hybridized carbons (Fsp3) is 0.882. The fourth-order valence-corrected chi connectivity index (χ4v) is 3.66.